The second-order valence-corrected chi connectivity index (χ2v) is 2.87. The molecule has 0 aliphatic carbocycles. The largest absolute Gasteiger partial charge is 0.587 e. The van der Waals surface area contributed by atoms with Crippen LogP contribution in [0.1, 0.15) is 0 Å². The van der Waals surface area contributed by atoms with E-state index >= 15 is 0 Å². The third-order valence-electron chi connectivity index (χ3n) is 1.86. The number of aromatic nitrogens is 2. The second-order valence-electron chi connectivity index (χ2n) is 2.87. The van der Waals surface area contributed by atoms with Crippen molar-refractivity contribution in [2.24, 2.45) is 0 Å². The van der Waals surface area contributed by atoms with E-state index in [4.69, 9.17) is 0 Å². The molecule has 1 aromatic carbocycles. The normalized spacial score (nSPS) is 10.3. The van der Waals surface area contributed by atoms with E-state index in [2.05, 4.69) is 9.79 Å². The van der Waals surface area contributed by atoms with Crippen molar-refractivity contribution in [2.45, 2.75) is 0 Å². The van der Waals surface area contributed by atoms with Gasteiger partial charge in [0, 0.05) is 5.56 Å². The van der Waals surface area contributed by atoms with Crippen LogP contribution in [-0.2, 0) is 0 Å². The fourth-order valence-corrected chi connectivity index (χ4v) is 1.21. The minimum atomic E-state index is -0.941. The van der Waals surface area contributed by atoms with Crippen LogP contribution in [0.5, 0.6) is 0 Å². The van der Waals surface area contributed by atoms with Crippen molar-refractivity contribution in [2.75, 3.05) is 0 Å². The van der Waals surface area contributed by atoms with Gasteiger partial charge in [-0.1, -0.05) is 12.1 Å². The molecule has 1 aromatic heterocycles. The van der Waals surface area contributed by atoms with E-state index in [9.17, 15) is 19.7 Å². The fourth-order valence-electron chi connectivity index (χ4n) is 1.21. The Bertz CT molecular complexity index is 554. The predicted octanol–water partition coefficient (Wildman–Crippen LogP) is 1.02. The molecule has 0 bridgehead atoms. The molecular formula is C8H4FN3O4. The van der Waals surface area contributed by atoms with E-state index < -0.39 is 16.6 Å². The van der Waals surface area contributed by atoms with Gasteiger partial charge in [-0.2, -0.15) is 0 Å². The zero-order valence-corrected chi connectivity index (χ0v) is 7.66. The first-order valence-corrected chi connectivity index (χ1v) is 4.09. The molecular weight excluding hydrogens is 221 g/mol. The maximum Gasteiger partial charge on any atom is 0.587 e. The smallest absolute Gasteiger partial charge is 0.265 e. The second kappa shape index (κ2) is 3.57. The van der Waals surface area contributed by atoms with Gasteiger partial charge in [-0.25, -0.2) is 4.39 Å². The summed E-state index contributed by atoms with van der Waals surface area (Å²) in [5, 5.41) is 24.7. The summed E-state index contributed by atoms with van der Waals surface area (Å²) < 4.78 is 17.0. The Morgan fingerprint density at radius 1 is 1.50 bits per heavy atom. The van der Waals surface area contributed by atoms with Crippen LogP contribution in [0.2, 0.25) is 0 Å². The molecule has 8 heteroatoms. The van der Waals surface area contributed by atoms with Crippen LogP contribution in [0, 0.1) is 21.1 Å². The summed E-state index contributed by atoms with van der Waals surface area (Å²) in [5.41, 5.74) is -0.204. The van der Waals surface area contributed by atoms with Crippen molar-refractivity contribution in [3.63, 3.8) is 0 Å². The predicted molar refractivity (Wildman–Crippen MR) is 47.5 cm³/mol. The van der Waals surface area contributed by atoms with Crippen LogP contribution in [0.15, 0.2) is 28.9 Å². The minimum Gasteiger partial charge on any atom is -0.265 e. The fraction of sp³-hybridized carbons (Fsp3) is 0. The first kappa shape index (κ1) is 10.0. The lowest BCUT2D eigenvalue weighted by Crippen LogP contribution is -2.26. The van der Waals surface area contributed by atoms with Gasteiger partial charge in [0.15, 0.2) is 0 Å². The van der Waals surface area contributed by atoms with E-state index in [0.29, 0.717) is 0 Å². The topological polar surface area (TPSA) is 96.1 Å². The molecule has 0 N–H and O–H groups in total. The Kier molecular flexibility index (Phi) is 2.24. The van der Waals surface area contributed by atoms with Crippen LogP contribution in [0.25, 0.3) is 11.3 Å². The number of hydrogen-bond acceptors (Lipinski definition) is 5. The zero-order valence-electron chi connectivity index (χ0n) is 7.66. The summed E-state index contributed by atoms with van der Waals surface area (Å²) in [6, 6.07) is 4.91. The highest BCUT2D eigenvalue weighted by molar-refractivity contribution is 5.64. The zero-order chi connectivity index (χ0) is 11.7. The summed E-state index contributed by atoms with van der Waals surface area (Å²) in [6.07, 6.45) is 0. The highest BCUT2D eigenvalue weighted by Crippen LogP contribution is 2.24. The van der Waals surface area contributed by atoms with Crippen molar-refractivity contribution in [3.05, 3.63) is 45.4 Å². The van der Waals surface area contributed by atoms with Crippen LogP contribution >= 0.6 is 0 Å². The van der Waals surface area contributed by atoms with Gasteiger partial charge >= 0.3 is 5.82 Å². The molecule has 0 aliphatic heterocycles. The standard InChI is InChI=1S/C8H4FN3O4/c9-6-3-1-2-5(4-6)7-8(11(13)14)12(15)16-10-7/h1-4H. The number of rotatable bonds is 2. The van der Waals surface area contributed by atoms with Crippen LogP contribution < -0.4 is 4.90 Å². The molecule has 0 atom stereocenters. The molecule has 0 unspecified atom stereocenters. The SMILES string of the molecule is O=[N+]([O-])c1c(-c2cccc(F)c2)no[n+]1[O-]. The van der Waals surface area contributed by atoms with Gasteiger partial charge in [0.2, 0.25) is 5.69 Å². The minimum absolute atomic E-state index is 0.102. The van der Waals surface area contributed by atoms with Crippen LogP contribution in [0.3, 0.4) is 0 Å². The quantitative estimate of drug-likeness (QED) is 0.432. The summed E-state index contributed by atoms with van der Waals surface area (Å²) in [7, 11) is 0. The Labute approximate surface area is 87.4 Å². The van der Waals surface area contributed by atoms with E-state index in [1.165, 1.54) is 18.2 Å². The molecule has 0 saturated carbocycles. The maximum absolute atomic E-state index is 12.9. The molecule has 0 spiro atoms. The average Bonchev–Trinajstić information content (AvgIpc) is 2.60. The van der Waals surface area contributed by atoms with Gasteiger partial charge in [0.1, 0.15) is 15.6 Å². The Hall–Kier alpha value is -2.51. The lowest BCUT2D eigenvalue weighted by Gasteiger charge is -1.92. The molecule has 0 radical (unpaired) electrons. The molecule has 16 heavy (non-hydrogen) atoms. The number of nitro groups is 1. The van der Waals surface area contributed by atoms with Gasteiger partial charge in [-0.15, -0.1) is 5.16 Å². The van der Waals surface area contributed by atoms with Crippen molar-refractivity contribution in [1.82, 2.24) is 5.16 Å². The third-order valence-corrected chi connectivity index (χ3v) is 1.86. The van der Waals surface area contributed by atoms with Gasteiger partial charge in [0.25, 0.3) is 0 Å². The summed E-state index contributed by atoms with van der Waals surface area (Å²) in [4.78, 5) is 9.28. The van der Waals surface area contributed by atoms with Crippen molar-refractivity contribution < 1.29 is 18.8 Å². The molecule has 2 rings (SSSR count). The number of nitrogens with zero attached hydrogens (tertiary/aromatic N) is 3. The van der Waals surface area contributed by atoms with Crippen molar-refractivity contribution in [3.8, 4) is 11.3 Å². The van der Waals surface area contributed by atoms with E-state index in [-0.39, 0.29) is 16.2 Å². The molecule has 82 valence electrons. The van der Waals surface area contributed by atoms with E-state index in [0.717, 1.165) is 6.07 Å². The van der Waals surface area contributed by atoms with Gasteiger partial charge in [0.05, 0.1) is 0 Å². The lowest BCUT2D eigenvalue weighted by atomic mass is 10.1. The number of halogens is 1. The van der Waals surface area contributed by atoms with Crippen molar-refractivity contribution in [1.29, 1.82) is 0 Å². The summed E-state index contributed by atoms with van der Waals surface area (Å²) in [6.45, 7) is 0. The first-order valence-electron chi connectivity index (χ1n) is 4.09. The van der Waals surface area contributed by atoms with Gasteiger partial charge in [-0.05, 0) is 12.1 Å². The molecule has 0 amide bonds. The third kappa shape index (κ3) is 1.56. The van der Waals surface area contributed by atoms with Crippen LogP contribution in [-0.4, -0.2) is 10.1 Å². The molecule has 0 saturated heterocycles. The highest BCUT2D eigenvalue weighted by Gasteiger charge is 2.33. The van der Waals surface area contributed by atoms with E-state index in [1.54, 1.807) is 0 Å². The lowest BCUT2D eigenvalue weighted by molar-refractivity contribution is -0.825. The average molecular weight is 225 g/mol. The molecule has 2 aromatic rings. The van der Waals surface area contributed by atoms with E-state index in [1.807, 2.05) is 0 Å². The maximum atomic E-state index is 12.9. The Morgan fingerprint density at radius 2 is 2.25 bits per heavy atom. The molecule has 1 heterocycles. The Morgan fingerprint density at radius 3 is 2.88 bits per heavy atom. The number of benzene rings is 1. The van der Waals surface area contributed by atoms with Gasteiger partial charge in [-0.3, -0.25) is 20.0 Å². The molecule has 7 nitrogen and oxygen atoms in total. The summed E-state index contributed by atoms with van der Waals surface area (Å²) >= 11 is 0. The Balaban J connectivity index is 2.60. The first-order chi connectivity index (χ1) is 7.59. The monoisotopic (exact) mass is 225 g/mol. The van der Waals surface area contributed by atoms with Gasteiger partial charge < -0.3 is 0 Å². The van der Waals surface area contributed by atoms with Crippen molar-refractivity contribution >= 4 is 5.82 Å². The number of hydrogen-bond donors (Lipinski definition) is 0. The highest BCUT2D eigenvalue weighted by atomic mass is 19.1. The summed E-state index contributed by atoms with van der Waals surface area (Å²) in [5.74, 6) is -1.46. The van der Waals surface area contributed by atoms with Crippen LogP contribution in [0.4, 0.5) is 10.2 Å². The molecule has 0 aliphatic rings. The molecule has 0 fully saturated rings.